The minimum atomic E-state index is -0.639. The zero-order valence-corrected chi connectivity index (χ0v) is 40.5. The predicted molar refractivity (Wildman–Crippen MR) is 260 cm³/mol. The Hall–Kier alpha value is -4.44. The van der Waals surface area contributed by atoms with Crippen LogP contribution >= 0.6 is 23.2 Å². The number of aliphatic hydroxyl groups excluding tert-OH is 2. The number of para-hydroxylation sites is 4. The quantitative estimate of drug-likeness (QED) is 0.0729. The van der Waals surface area contributed by atoms with Gasteiger partial charge >= 0.3 is 0 Å². The van der Waals surface area contributed by atoms with Gasteiger partial charge < -0.3 is 39.6 Å². The number of piperazine rings is 1. The van der Waals surface area contributed by atoms with E-state index in [1.54, 1.807) is 33.5 Å². The molecule has 358 valence electrons. The number of benzene rings is 4. The molecule has 0 amide bonds. The van der Waals surface area contributed by atoms with Crippen LogP contribution in [0.2, 0.25) is 0 Å². The number of halogens is 2. The van der Waals surface area contributed by atoms with Crippen molar-refractivity contribution in [1.29, 1.82) is 0 Å². The lowest BCUT2D eigenvalue weighted by Crippen LogP contribution is -2.50. The zero-order chi connectivity index (χ0) is 47.6. The number of carbonyl (C=O) groups excluding carboxylic acids is 2. The van der Waals surface area contributed by atoms with Gasteiger partial charge in [0, 0.05) is 82.5 Å². The van der Waals surface area contributed by atoms with E-state index in [2.05, 4.69) is 35.8 Å². The van der Waals surface area contributed by atoms with Crippen molar-refractivity contribution in [3.05, 3.63) is 113 Å². The van der Waals surface area contributed by atoms with Crippen molar-refractivity contribution in [2.24, 2.45) is 5.73 Å². The van der Waals surface area contributed by atoms with E-state index in [4.69, 9.17) is 52.6 Å². The average Bonchev–Trinajstić information content (AvgIpc) is 3.30. The maximum Gasteiger partial charge on any atom is 0.161 e. The first-order chi connectivity index (χ1) is 31.3. The molecule has 1 fully saturated rings. The highest BCUT2D eigenvalue weighted by Crippen LogP contribution is 2.27. The highest BCUT2D eigenvalue weighted by molar-refractivity contribution is 6.18. The molecular weight excluding hydrogens is 871 g/mol. The van der Waals surface area contributed by atoms with Crippen LogP contribution in [0.15, 0.2) is 84.9 Å². The SMILES string of the molecule is COc1cccc(C)c1CC(=O)CN(CCCl)CCCl.COc1ccccc1OCC(O)CN.COc1ccccc1OCC(O)CN1CCN(CC(=O)Cc2c(C)cccc2C)CC1. The number of nitrogens with two attached hydrogens (primary N) is 1. The van der Waals surface area contributed by atoms with Gasteiger partial charge in [0.15, 0.2) is 34.6 Å². The molecule has 0 radical (unpaired) electrons. The number of nitrogens with zero attached hydrogens (tertiary/aromatic N) is 3. The summed E-state index contributed by atoms with van der Waals surface area (Å²) in [6.45, 7) is 12.8. The van der Waals surface area contributed by atoms with Crippen LogP contribution in [0.5, 0.6) is 28.7 Å². The van der Waals surface area contributed by atoms with Crippen molar-refractivity contribution in [3.63, 3.8) is 0 Å². The second-order valence-corrected chi connectivity index (χ2v) is 16.5. The lowest BCUT2D eigenvalue weighted by atomic mass is 9.98. The van der Waals surface area contributed by atoms with Crippen molar-refractivity contribution in [1.82, 2.24) is 14.7 Å². The van der Waals surface area contributed by atoms with Gasteiger partial charge in [-0.25, -0.2) is 0 Å². The first-order valence-corrected chi connectivity index (χ1v) is 23.0. The van der Waals surface area contributed by atoms with Crippen LogP contribution in [0.3, 0.4) is 0 Å². The van der Waals surface area contributed by atoms with Crippen molar-refractivity contribution < 1.29 is 43.5 Å². The molecule has 4 N–H and O–H groups in total. The number of ether oxygens (including phenoxy) is 5. The Morgan fingerprint density at radius 2 is 1.05 bits per heavy atom. The second-order valence-electron chi connectivity index (χ2n) is 15.8. The Bertz CT molecular complexity index is 1970. The first kappa shape index (κ1) is 54.9. The van der Waals surface area contributed by atoms with E-state index in [1.807, 2.05) is 72.5 Å². The number of aliphatic hydroxyl groups is 2. The normalized spacial score (nSPS) is 13.7. The van der Waals surface area contributed by atoms with Gasteiger partial charge in [-0.3, -0.25) is 24.3 Å². The summed E-state index contributed by atoms with van der Waals surface area (Å²) < 4.78 is 26.7. The summed E-state index contributed by atoms with van der Waals surface area (Å²) in [5.74, 6) is 4.73. The molecule has 0 aliphatic carbocycles. The van der Waals surface area contributed by atoms with E-state index in [1.165, 1.54) is 11.1 Å². The number of ketones is 2. The van der Waals surface area contributed by atoms with Crippen LogP contribution in [0.25, 0.3) is 0 Å². The Kier molecular flexibility index (Phi) is 25.9. The van der Waals surface area contributed by atoms with E-state index < -0.39 is 12.2 Å². The summed E-state index contributed by atoms with van der Waals surface area (Å²) >= 11 is 11.5. The van der Waals surface area contributed by atoms with Gasteiger partial charge in [0.1, 0.15) is 31.2 Å². The van der Waals surface area contributed by atoms with E-state index in [0.29, 0.717) is 80.3 Å². The summed E-state index contributed by atoms with van der Waals surface area (Å²) in [5, 5.41) is 19.6. The van der Waals surface area contributed by atoms with Crippen molar-refractivity contribution in [2.45, 2.75) is 45.8 Å². The summed E-state index contributed by atoms with van der Waals surface area (Å²) in [6.07, 6.45) is -0.351. The zero-order valence-electron chi connectivity index (χ0n) is 39.0. The number of Topliss-reactive ketones (excluding diaryl/α,β-unsaturated/α-hetero) is 2. The second kappa shape index (κ2) is 30.7. The van der Waals surface area contributed by atoms with E-state index in [-0.39, 0.29) is 31.3 Å². The van der Waals surface area contributed by atoms with Gasteiger partial charge in [0.05, 0.1) is 34.4 Å². The number of hydrogen-bond acceptors (Lipinski definition) is 13. The molecule has 2 atom stereocenters. The first-order valence-electron chi connectivity index (χ1n) is 21.9. The number of rotatable bonds is 24. The Morgan fingerprint density at radius 3 is 1.54 bits per heavy atom. The summed E-state index contributed by atoms with van der Waals surface area (Å²) in [7, 11) is 4.79. The number of methoxy groups -OCH3 is 3. The maximum absolute atomic E-state index is 12.6. The molecule has 15 heteroatoms. The minimum absolute atomic E-state index is 0.146. The third-order valence-electron chi connectivity index (χ3n) is 10.8. The molecule has 0 spiro atoms. The molecule has 1 heterocycles. The predicted octanol–water partition coefficient (Wildman–Crippen LogP) is 5.77. The maximum atomic E-state index is 12.6. The number of hydrogen-bond donors (Lipinski definition) is 3. The lowest BCUT2D eigenvalue weighted by Gasteiger charge is -2.35. The smallest absolute Gasteiger partial charge is 0.161 e. The van der Waals surface area contributed by atoms with E-state index >= 15 is 0 Å². The molecule has 1 saturated heterocycles. The average molecular weight is 942 g/mol. The van der Waals surface area contributed by atoms with Crippen LogP contribution in [-0.4, -0.2) is 160 Å². The molecule has 1 aliphatic heterocycles. The van der Waals surface area contributed by atoms with Crippen molar-refractivity contribution >= 4 is 34.8 Å². The van der Waals surface area contributed by atoms with Gasteiger partial charge in [0.2, 0.25) is 0 Å². The number of carbonyl (C=O) groups is 2. The highest BCUT2D eigenvalue weighted by atomic mass is 35.5. The van der Waals surface area contributed by atoms with Crippen LogP contribution in [0.1, 0.15) is 27.8 Å². The van der Waals surface area contributed by atoms with E-state index in [0.717, 1.165) is 48.6 Å². The van der Waals surface area contributed by atoms with Crippen LogP contribution in [-0.2, 0) is 22.4 Å². The Labute approximate surface area is 396 Å². The molecule has 0 bridgehead atoms. The fourth-order valence-electron chi connectivity index (χ4n) is 7.13. The third-order valence-corrected chi connectivity index (χ3v) is 11.1. The molecule has 4 aromatic carbocycles. The fourth-order valence-corrected chi connectivity index (χ4v) is 7.61. The molecule has 4 aromatic rings. The minimum Gasteiger partial charge on any atom is -0.496 e. The standard InChI is InChI=1S/C25H34N2O4.C15H21Cl2NO2.C10H15NO3/c1-19-7-6-8-20(2)23(19)15-21(28)16-26-11-13-27(14-12-26)17-22(29)18-31-25-10-5-4-9-24(25)30-3;1-12-4-3-5-15(20-2)14(12)10-13(19)11-18(8-6-16)9-7-17;1-13-9-4-2-3-5-10(9)14-7-8(12)6-11/h4-10,22,29H,11-18H2,1-3H3;3-5H,6-11H2,1-2H3;2-5,8,12H,6-7,11H2,1H3. The lowest BCUT2D eigenvalue weighted by molar-refractivity contribution is -0.120. The molecule has 13 nitrogen and oxygen atoms in total. The summed E-state index contributed by atoms with van der Waals surface area (Å²) in [6, 6.07) is 26.7. The topological polar surface area (TPSA) is 156 Å². The number of β-amino-alcohol motifs (C(OH)–C–C–N with tert-alkyl or cyclic N) is 1. The highest BCUT2D eigenvalue weighted by Gasteiger charge is 2.22. The molecule has 65 heavy (non-hydrogen) atoms. The Balaban J connectivity index is 0.000000283. The van der Waals surface area contributed by atoms with Gasteiger partial charge in [-0.1, -0.05) is 54.6 Å². The molecule has 1 aliphatic rings. The van der Waals surface area contributed by atoms with Gasteiger partial charge in [-0.15, -0.1) is 23.2 Å². The van der Waals surface area contributed by atoms with Crippen LogP contribution < -0.4 is 29.4 Å². The third kappa shape index (κ3) is 19.9. The molecule has 0 aromatic heterocycles. The monoisotopic (exact) mass is 940 g/mol. The van der Waals surface area contributed by atoms with Gasteiger partial charge in [-0.05, 0) is 73.4 Å². The molecule has 0 saturated carbocycles. The van der Waals surface area contributed by atoms with E-state index in [9.17, 15) is 19.8 Å². The summed E-state index contributed by atoms with van der Waals surface area (Å²) in [4.78, 5) is 31.2. The number of aryl methyl sites for hydroxylation is 3. The van der Waals surface area contributed by atoms with Gasteiger partial charge in [-0.2, -0.15) is 0 Å². The van der Waals surface area contributed by atoms with Gasteiger partial charge in [0.25, 0.3) is 0 Å². The molecule has 5 rings (SSSR count). The number of alkyl halides is 2. The molecular formula is C50H70Cl2N4O9. The molecule has 2 unspecified atom stereocenters. The summed E-state index contributed by atoms with van der Waals surface area (Å²) in [5.41, 5.74) is 10.8. The van der Waals surface area contributed by atoms with Crippen molar-refractivity contribution in [3.8, 4) is 28.7 Å². The largest absolute Gasteiger partial charge is 0.496 e. The Morgan fingerprint density at radius 1 is 0.615 bits per heavy atom. The van der Waals surface area contributed by atoms with Crippen LogP contribution in [0, 0.1) is 20.8 Å². The fraction of sp³-hybridized carbons (Fsp3) is 0.480. The van der Waals surface area contributed by atoms with Crippen LogP contribution in [0.4, 0.5) is 0 Å². The van der Waals surface area contributed by atoms with Crippen molar-refractivity contribution in [2.75, 3.05) is 112 Å².